The summed E-state index contributed by atoms with van der Waals surface area (Å²) >= 11 is 0. The molecule has 0 bridgehead atoms. The van der Waals surface area contributed by atoms with Gasteiger partial charge < -0.3 is 15.0 Å². The highest BCUT2D eigenvalue weighted by Gasteiger charge is 2.32. The van der Waals surface area contributed by atoms with Crippen LogP contribution in [-0.2, 0) is 14.3 Å². The molecule has 20 heavy (non-hydrogen) atoms. The molecule has 6 heteroatoms. The summed E-state index contributed by atoms with van der Waals surface area (Å²) in [6.07, 6.45) is -0.482. The third-order valence-electron chi connectivity index (χ3n) is 2.80. The van der Waals surface area contributed by atoms with E-state index in [0.717, 1.165) is 0 Å². The first-order valence-corrected chi connectivity index (χ1v) is 6.75. The summed E-state index contributed by atoms with van der Waals surface area (Å²) < 4.78 is 5.16. The molecule has 0 atom stereocenters. The molecule has 1 saturated heterocycles. The summed E-state index contributed by atoms with van der Waals surface area (Å²) in [5, 5.41) is 2.70. The number of Topliss-reactive ketones (excluding diaryl/α,β-unsaturated/α-hetero) is 1. The van der Waals surface area contributed by atoms with Crippen LogP contribution in [0.5, 0.6) is 0 Å². The van der Waals surface area contributed by atoms with Gasteiger partial charge in [-0.25, -0.2) is 4.79 Å². The molecule has 0 radical (unpaired) electrons. The first-order valence-electron chi connectivity index (χ1n) is 6.75. The van der Waals surface area contributed by atoms with Gasteiger partial charge in [0, 0.05) is 13.1 Å². The zero-order valence-electron chi connectivity index (χ0n) is 12.9. The van der Waals surface area contributed by atoms with E-state index < -0.39 is 11.7 Å². The molecular weight excluding hydrogens is 260 g/mol. The van der Waals surface area contributed by atoms with Crippen molar-refractivity contribution in [1.82, 2.24) is 10.2 Å². The highest BCUT2D eigenvalue weighted by atomic mass is 16.6. The van der Waals surface area contributed by atoms with Gasteiger partial charge in [0.25, 0.3) is 0 Å². The van der Waals surface area contributed by atoms with Gasteiger partial charge in [-0.2, -0.15) is 0 Å². The Balaban J connectivity index is 2.43. The van der Waals surface area contributed by atoms with Gasteiger partial charge in [0.05, 0.1) is 13.0 Å². The van der Waals surface area contributed by atoms with E-state index >= 15 is 0 Å². The normalized spacial score (nSPS) is 16.6. The maximum atomic E-state index is 11.6. The van der Waals surface area contributed by atoms with Crippen molar-refractivity contribution in [2.24, 2.45) is 5.41 Å². The predicted octanol–water partition coefficient (Wildman–Crippen LogP) is 1.34. The zero-order valence-corrected chi connectivity index (χ0v) is 12.9. The quantitative estimate of drug-likeness (QED) is 0.790. The summed E-state index contributed by atoms with van der Waals surface area (Å²) in [6.45, 7) is 10.2. The molecule has 0 aromatic heterocycles. The van der Waals surface area contributed by atoms with Crippen LogP contribution in [0.3, 0.4) is 0 Å². The summed E-state index contributed by atoms with van der Waals surface area (Å²) in [7, 11) is 0. The summed E-state index contributed by atoms with van der Waals surface area (Å²) in [4.78, 5) is 35.9. The smallest absolute Gasteiger partial charge is 0.407 e. The standard InChI is InChI=1S/C14H24N2O4/c1-13(2,3)20-12(19)15-8-14(4,5)9-16-7-10(17)6-11(16)18/h6-9H2,1-5H3,(H,15,19). The fourth-order valence-corrected chi connectivity index (χ4v) is 1.98. The SMILES string of the molecule is CC(C)(CNC(=O)OC(C)(C)C)CN1CC(=O)CC1=O. The highest BCUT2D eigenvalue weighted by molar-refractivity contribution is 6.05. The van der Waals surface area contributed by atoms with E-state index in [4.69, 9.17) is 4.74 Å². The maximum Gasteiger partial charge on any atom is 0.407 e. The number of alkyl carbamates (subject to hydrolysis) is 1. The molecule has 6 nitrogen and oxygen atoms in total. The Morgan fingerprint density at radius 1 is 1.25 bits per heavy atom. The summed E-state index contributed by atoms with van der Waals surface area (Å²) in [6, 6.07) is 0. The van der Waals surface area contributed by atoms with Gasteiger partial charge in [-0.3, -0.25) is 9.59 Å². The van der Waals surface area contributed by atoms with Gasteiger partial charge in [0.15, 0.2) is 5.78 Å². The van der Waals surface area contributed by atoms with Crippen LogP contribution in [-0.4, -0.2) is 47.9 Å². The number of carbonyl (C=O) groups excluding carboxylic acids is 3. The van der Waals surface area contributed by atoms with Crippen molar-refractivity contribution in [2.75, 3.05) is 19.6 Å². The fourth-order valence-electron chi connectivity index (χ4n) is 1.98. The van der Waals surface area contributed by atoms with E-state index in [-0.39, 0.29) is 30.1 Å². The molecule has 0 aliphatic carbocycles. The second-order valence-electron chi connectivity index (χ2n) is 6.98. The van der Waals surface area contributed by atoms with Crippen LogP contribution in [0.4, 0.5) is 4.79 Å². The summed E-state index contributed by atoms with van der Waals surface area (Å²) in [5.41, 5.74) is -0.858. The number of ketones is 1. The van der Waals surface area contributed by atoms with Crippen molar-refractivity contribution in [3.63, 3.8) is 0 Å². The topological polar surface area (TPSA) is 75.7 Å². The van der Waals surface area contributed by atoms with Crippen molar-refractivity contribution in [2.45, 2.75) is 46.6 Å². The molecule has 1 N–H and O–H groups in total. The average Bonchev–Trinajstić information content (AvgIpc) is 2.51. The Morgan fingerprint density at radius 2 is 1.85 bits per heavy atom. The van der Waals surface area contributed by atoms with Gasteiger partial charge in [-0.1, -0.05) is 13.8 Å². The third kappa shape index (κ3) is 5.59. The number of ether oxygens (including phenoxy) is 1. The van der Waals surface area contributed by atoms with Crippen LogP contribution >= 0.6 is 0 Å². The first-order chi connectivity index (χ1) is 8.98. The van der Waals surface area contributed by atoms with Crippen molar-refractivity contribution in [1.29, 1.82) is 0 Å². The fraction of sp³-hybridized carbons (Fsp3) is 0.786. The third-order valence-corrected chi connectivity index (χ3v) is 2.80. The zero-order chi connectivity index (χ0) is 15.6. The van der Waals surface area contributed by atoms with E-state index in [0.29, 0.717) is 13.1 Å². The van der Waals surface area contributed by atoms with Crippen molar-refractivity contribution >= 4 is 17.8 Å². The van der Waals surface area contributed by atoms with E-state index in [1.54, 1.807) is 25.7 Å². The molecule has 1 fully saturated rings. The van der Waals surface area contributed by atoms with E-state index in [2.05, 4.69) is 5.32 Å². The number of amides is 2. The molecule has 1 heterocycles. The van der Waals surface area contributed by atoms with Crippen LogP contribution in [0.1, 0.15) is 41.0 Å². The maximum absolute atomic E-state index is 11.6. The molecule has 0 saturated carbocycles. The van der Waals surface area contributed by atoms with E-state index in [1.807, 2.05) is 13.8 Å². The van der Waals surface area contributed by atoms with E-state index in [1.165, 1.54) is 0 Å². The Morgan fingerprint density at radius 3 is 2.30 bits per heavy atom. The highest BCUT2D eigenvalue weighted by Crippen LogP contribution is 2.19. The molecule has 1 aliphatic heterocycles. The molecule has 0 aromatic carbocycles. The summed E-state index contributed by atoms with van der Waals surface area (Å²) in [5.74, 6) is -0.189. The Hall–Kier alpha value is -1.59. The molecule has 1 rings (SSSR count). The van der Waals surface area contributed by atoms with Crippen LogP contribution < -0.4 is 5.32 Å². The molecule has 114 valence electrons. The van der Waals surface area contributed by atoms with Crippen molar-refractivity contribution in [3.8, 4) is 0 Å². The first kappa shape index (κ1) is 16.5. The largest absolute Gasteiger partial charge is 0.444 e. The van der Waals surface area contributed by atoms with Gasteiger partial charge >= 0.3 is 6.09 Å². The minimum Gasteiger partial charge on any atom is -0.444 e. The number of carbonyl (C=O) groups is 3. The predicted molar refractivity (Wildman–Crippen MR) is 74.2 cm³/mol. The Bertz CT molecular complexity index is 410. The van der Waals surface area contributed by atoms with Gasteiger partial charge in [0.1, 0.15) is 5.60 Å². The van der Waals surface area contributed by atoms with Crippen LogP contribution in [0, 0.1) is 5.41 Å². The lowest BCUT2D eigenvalue weighted by Gasteiger charge is -2.30. The molecular formula is C14H24N2O4. The molecule has 1 aliphatic rings. The average molecular weight is 284 g/mol. The van der Waals surface area contributed by atoms with Crippen molar-refractivity contribution < 1.29 is 19.1 Å². The number of nitrogens with zero attached hydrogens (tertiary/aromatic N) is 1. The lowest BCUT2D eigenvalue weighted by Crippen LogP contribution is -2.44. The number of hydrogen-bond acceptors (Lipinski definition) is 4. The van der Waals surface area contributed by atoms with Crippen molar-refractivity contribution in [3.05, 3.63) is 0 Å². The molecule has 0 spiro atoms. The van der Waals surface area contributed by atoms with E-state index in [9.17, 15) is 14.4 Å². The second-order valence-corrected chi connectivity index (χ2v) is 6.98. The molecule has 2 amide bonds. The van der Waals surface area contributed by atoms with Crippen LogP contribution in [0.2, 0.25) is 0 Å². The molecule has 0 aromatic rings. The Kier molecular flexibility index (Phi) is 4.78. The second kappa shape index (κ2) is 5.81. The number of nitrogens with one attached hydrogen (secondary N) is 1. The minimum absolute atomic E-state index is 0.00439. The minimum atomic E-state index is -0.536. The number of rotatable bonds is 4. The van der Waals surface area contributed by atoms with Crippen LogP contribution in [0.15, 0.2) is 0 Å². The lowest BCUT2D eigenvalue weighted by molar-refractivity contribution is -0.128. The van der Waals surface area contributed by atoms with Crippen LogP contribution in [0.25, 0.3) is 0 Å². The number of likely N-dealkylation sites (tertiary alicyclic amines) is 1. The van der Waals surface area contributed by atoms with Gasteiger partial charge in [0.2, 0.25) is 5.91 Å². The van der Waals surface area contributed by atoms with Gasteiger partial charge in [-0.15, -0.1) is 0 Å². The number of hydrogen-bond donors (Lipinski definition) is 1. The lowest BCUT2D eigenvalue weighted by atomic mass is 9.93. The van der Waals surface area contributed by atoms with Gasteiger partial charge in [-0.05, 0) is 26.2 Å². The monoisotopic (exact) mass is 284 g/mol. The Labute approximate surface area is 119 Å². The molecule has 0 unspecified atom stereocenters.